The maximum absolute atomic E-state index is 7.15. The molecular formula is C19H33NO. The number of unbranched alkanes of at least 4 members (excludes halogenated alkanes) is 3. The van der Waals surface area contributed by atoms with Crippen molar-refractivity contribution in [2.24, 2.45) is 11.8 Å². The maximum Gasteiger partial charge on any atom is 0.223 e. The van der Waals surface area contributed by atoms with Crippen molar-refractivity contribution in [2.75, 3.05) is 6.61 Å². The first-order valence-corrected chi connectivity index (χ1v) is 9.31. The molecule has 0 radical (unpaired) electrons. The fourth-order valence-electron chi connectivity index (χ4n) is 4.21. The molecule has 21 heavy (non-hydrogen) atoms. The van der Waals surface area contributed by atoms with Crippen molar-refractivity contribution in [1.29, 1.82) is 0 Å². The molecule has 0 N–H and O–H groups in total. The third-order valence-corrected chi connectivity index (χ3v) is 5.66. The Hall–Kier alpha value is -0.550. The largest absolute Gasteiger partial charge is 0.378 e. The van der Waals surface area contributed by atoms with E-state index in [1.165, 1.54) is 64.2 Å². The Bertz CT molecular complexity index is 306. The zero-order valence-electron chi connectivity index (χ0n) is 13.9. The summed E-state index contributed by atoms with van der Waals surface area (Å²) in [6.45, 7) is 10.4. The Labute approximate surface area is 131 Å². The molecule has 2 aliphatic rings. The highest BCUT2D eigenvalue weighted by Crippen LogP contribution is 2.39. The lowest BCUT2D eigenvalue weighted by molar-refractivity contribution is 0.00658. The Morgan fingerprint density at radius 2 is 1.48 bits per heavy atom. The Balaban J connectivity index is 1.57. The second-order valence-electron chi connectivity index (χ2n) is 7.17. The summed E-state index contributed by atoms with van der Waals surface area (Å²) in [6, 6.07) is 0.337. The number of hydrogen-bond donors (Lipinski definition) is 0. The Morgan fingerprint density at radius 1 is 0.857 bits per heavy atom. The summed E-state index contributed by atoms with van der Waals surface area (Å²) >= 11 is 0. The summed E-state index contributed by atoms with van der Waals surface area (Å²) in [5, 5.41) is 0. The third-order valence-electron chi connectivity index (χ3n) is 5.66. The van der Waals surface area contributed by atoms with Gasteiger partial charge in [-0.05, 0) is 56.8 Å². The van der Waals surface area contributed by atoms with Crippen LogP contribution in [0.25, 0.3) is 4.85 Å². The van der Waals surface area contributed by atoms with Gasteiger partial charge in [-0.3, -0.25) is 0 Å². The van der Waals surface area contributed by atoms with Gasteiger partial charge in [0.25, 0.3) is 0 Å². The third kappa shape index (κ3) is 5.62. The van der Waals surface area contributed by atoms with Crippen molar-refractivity contribution in [1.82, 2.24) is 0 Å². The van der Waals surface area contributed by atoms with Crippen LogP contribution in [0.5, 0.6) is 0 Å². The van der Waals surface area contributed by atoms with Gasteiger partial charge in [0.05, 0.1) is 6.10 Å². The average Bonchev–Trinajstić information content (AvgIpc) is 2.55. The van der Waals surface area contributed by atoms with E-state index in [0.717, 1.165) is 31.3 Å². The molecule has 0 bridgehead atoms. The molecule has 2 saturated carbocycles. The van der Waals surface area contributed by atoms with E-state index in [-0.39, 0.29) is 0 Å². The van der Waals surface area contributed by atoms with Crippen LogP contribution in [-0.2, 0) is 4.74 Å². The first kappa shape index (κ1) is 16.8. The van der Waals surface area contributed by atoms with E-state index in [2.05, 4.69) is 11.8 Å². The topological polar surface area (TPSA) is 13.6 Å². The van der Waals surface area contributed by atoms with Crippen LogP contribution in [-0.4, -0.2) is 18.8 Å². The van der Waals surface area contributed by atoms with Gasteiger partial charge in [0.15, 0.2) is 0 Å². The highest BCUT2D eigenvalue weighted by molar-refractivity contribution is 4.88. The molecule has 0 unspecified atom stereocenters. The number of hydrogen-bond acceptors (Lipinski definition) is 1. The first-order valence-electron chi connectivity index (χ1n) is 9.31. The van der Waals surface area contributed by atoms with Crippen molar-refractivity contribution >= 4 is 0 Å². The normalized spacial score (nSPS) is 33.5. The van der Waals surface area contributed by atoms with Crippen LogP contribution in [0.15, 0.2) is 0 Å². The van der Waals surface area contributed by atoms with Crippen molar-refractivity contribution in [3.8, 4) is 0 Å². The summed E-state index contributed by atoms with van der Waals surface area (Å²) in [6.07, 6.45) is 16.0. The van der Waals surface area contributed by atoms with Crippen molar-refractivity contribution in [3.05, 3.63) is 11.4 Å². The molecule has 2 nitrogen and oxygen atoms in total. The first-order chi connectivity index (χ1) is 10.3. The van der Waals surface area contributed by atoms with Crippen LogP contribution in [0.1, 0.15) is 84.0 Å². The van der Waals surface area contributed by atoms with Crippen LogP contribution < -0.4 is 0 Å². The fourth-order valence-corrected chi connectivity index (χ4v) is 4.21. The monoisotopic (exact) mass is 291 g/mol. The summed E-state index contributed by atoms with van der Waals surface area (Å²) in [7, 11) is 0. The molecule has 0 aromatic carbocycles. The van der Waals surface area contributed by atoms with E-state index in [9.17, 15) is 0 Å². The van der Waals surface area contributed by atoms with Gasteiger partial charge < -0.3 is 9.58 Å². The zero-order chi connectivity index (χ0) is 14.9. The van der Waals surface area contributed by atoms with E-state index in [4.69, 9.17) is 11.3 Å². The second kappa shape index (κ2) is 9.46. The molecule has 0 spiro atoms. The highest BCUT2D eigenvalue weighted by atomic mass is 16.5. The van der Waals surface area contributed by atoms with Crippen molar-refractivity contribution < 1.29 is 4.74 Å². The van der Waals surface area contributed by atoms with E-state index < -0.39 is 0 Å². The smallest absolute Gasteiger partial charge is 0.223 e. The van der Waals surface area contributed by atoms with Crippen LogP contribution in [0.3, 0.4) is 0 Å². The predicted octanol–water partition coefficient (Wildman–Crippen LogP) is 5.62. The lowest BCUT2D eigenvalue weighted by Gasteiger charge is -2.35. The van der Waals surface area contributed by atoms with Gasteiger partial charge in [0.1, 0.15) is 0 Å². The van der Waals surface area contributed by atoms with Crippen molar-refractivity contribution in [3.63, 3.8) is 0 Å². The number of rotatable bonds is 7. The van der Waals surface area contributed by atoms with E-state index in [1.54, 1.807) is 0 Å². The molecule has 0 atom stereocenters. The fraction of sp³-hybridized carbons (Fsp3) is 0.947. The minimum Gasteiger partial charge on any atom is -0.378 e. The summed E-state index contributed by atoms with van der Waals surface area (Å²) in [5.41, 5.74) is 0. The molecule has 0 saturated heterocycles. The van der Waals surface area contributed by atoms with Gasteiger partial charge >= 0.3 is 0 Å². The molecule has 0 heterocycles. The quantitative estimate of drug-likeness (QED) is 0.438. The Kier molecular flexibility index (Phi) is 7.58. The second-order valence-corrected chi connectivity index (χ2v) is 7.17. The minimum absolute atomic E-state index is 0.337. The number of nitrogens with zero attached hydrogens (tertiary/aromatic N) is 1. The molecule has 0 aliphatic heterocycles. The average molecular weight is 291 g/mol. The predicted molar refractivity (Wildman–Crippen MR) is 88.2 cm³/mol. The summed E-state index contributed by atoms with van der Waals surface area (Å²) in [5.74, 6) is 1.84. The van der Waals surface area contributed by atoms with Crippen molar-refractivity contribution in [2.45, 2.75) is 96.1 Å². The molecule has 2 aliphatic carbocycles. The Morgan fingerprint density at radius 3 is 2.05 bits per heavy atom. The van der Waals surface area contributed by atoms with Crippen LogP contribution >= 0.6 is 0 Å². The minimum atomic E-state index is 0.337. The van der Waals surface area contributed by atoms with Gasteiger partial charge in [-0.25, -0.2) is 6.57 Å². The van der Waals surface area contributed by atoms with Gasteiger partial charge in [-0.1, -0.05) is 26.2 Å². The summed E-state index contributed by atoms with van der Waals surface area (Å²) < 4.78 is 6.06. The standard InChI is InChI=1S/C19H33NO/c1-3-4-5-6-15-21-19-13-9-17(10-14-19)16-7-11-18(20-2)12-8-16/h16-19H,3-15H2,1H3. The summed E-state index contributed by atoms with van der Waals surface area (Å²) in [4.78, 5) is 3.72. The maximum atomic E-state index is 7.15. The van der Waals surface area contributed by atoms with E-state index >= 15 is 0 Å². The zero-order valence-corrected chi connectivity index (χ0v) is 13.9. The molecule has 0 aromatic heterocycles. The molecule has 0 aromatic rings. The van der Waals surface area contributed by atoms with Crippen LogP contribution in [0.4, 0.5) is 0 Å². The molecule has 0 amide bonds. The number of ether oxygens (including phenoxy) is 1. The molecule has 2 heteroatoms. The highest BCUT2D eigenvalue weighted by Gasteiger charge is 2.32. The van der Waals surface area contributed by atoms with Crippen LogP contribution in [0, 0.1) is 18.4 Å². The van der Waals surface area contributed by atoms with Gasteiger partial charge in [-0.15, -0.1) is 0 Å². The SMILES string of the molecule is [C-]#[N+]C1CCC(C2CCC(OCCCCCC)CC2)CC1. The molecule has 120 valence electrons. The van der Waals surface area contributed by atoms with E-state index in [0.29, 0.717) is 12.1 Å². The van der Waals surface area contributed by atoms with Gasteiger partial charge in [0.2, 0.25) is 6.04 Å². The molecule has 2 rings (SSSR count). The lowest BCUT2D eigenvalue weighted by atomic mass is 9.72. The molecule has 2 fully saturated rings. The van der Waals surface area contributed by atoms with Gasteiger partial charge in [-0.2, -0.15) is 0 Å². The van der Waals surface area contributed by atoms with Gasteiger partial charge in [0, 0.05) is 19.4 Å². The molecular weight excluding hydrogens is 258 g/mol. The van der Waals surface area contributed by atoms with E-state index in [1.807, 2.05) is 0 Å². The van der Waals surface area contributed by atoms with Crippen LogP contribution in [0.2, 0.25) is 0 Å². The lowest BCUT2D eigenvalue weighted by Crippen LogP contribution is -2.29.